The molecule has 0 spiro atoms. The van der Waals surface area contributed by atoms with Crippen LogP contribution < -0.4 is 4.74 Å². The number of rotatable bonds is 6. The van der Waals surface area contributed by atoms with E-state index in [1.807, 2.05) is 6.07 Å². The van der Waals surface area contributed by atoms with Crippen LogP contribution in [-0.2, 0) is 4.79 Å². The van der Waals surface area contributed by atoms with Crippen LogP contribution in [0.5, 0.6) is 5.75 Å². The van der Waals surface area contributed by atoms with Crippen LogP contribution in [0.25, 0.3) is 21.3 Å². The summed E-state index contributed by atoms with van der Waals surface area (Å²) in [7, 11) is 1.34. The second-order valence-electron chi connectivity index (χ2n) is 10.4. The Morgan fingerprint density at radius 3 is 2.67 bits per heavy atom. The molecule has 9 nitrogen and oxygen atoms in total. The predicted molar refractivity (Wildman–Crippen MR) is 147 cm³/mol. The molecule has 42 heavy (non-hydrogen) atoms. The molecule has 2 aliphatic rings. The molecule has 2 fully saturated rings. The first-order valence-corrected chi connectivity index (χ1v) is 14.2. The number of ether oxygens (including phenoxy) is 1. The molecule has 2 aromatic heterocycles. The normalized spacial score (nSPS) is 22.7. The average Bonchev–Trinajstić information content (AvgIpc) is 3.36. The van der Waals surface area contributed by atoms with E-state index in [4.69, 9.17) is 16.3 Å². The lowest BCUT2D eigenvalue weighted by atomic mass is 9.69. The van der Waals surface area contributed by atoms with Crippen LogP contribution in [0.3, 0.4) is 0 Å². The SMILES string of the molecule is Cc1cc(-c2cc(Cl)ccc2OCCN2C(=O)C3C(C#N)CC(C(F)(F)F)CC3N(C)C2=O)c2scc(C(=O)O)c2n1. The molecule has 4 atom stereocenters. The van der Waals surface area contributed by atoms with Crippen LogP contribution in [0.4, 0.5) is 18.0 Å². The van der Waals surface area contributed by atoms with E-state index in [2.05, 4.69) is 4.98 Å². The van der Waals surface area contributed by atoms with Gasteiger partial charge in [-0.2, -0.15) is 18.4 Å². The van der Waals surface area contributed by atoms with Gasteiger partial charge in [0.1, 0.15) is 12.4 Å². The Hall–Kier alpha value is -3.89. The van der Waals surface area contributed by atoms with Gasteiger partial charge in [0, 0.05) is 40.3 Å². The molecule has 1 aliphatic heterocycles. The van der Waals surface area contributed by atoms with Crippen LogP contribution in [-0.4, -0.2) is 70.2 Å². The molecule has 3 amide bonds. The number of aromatic nitrogens is 1. The molecule has 14 heteroatoms. The highest BCUT2D eigenvalue weighted by Crippen LogP contribution is 2.46. The Bertz CT molecular complexity index is 1640. The first-order valence-electron chi connectivity index (χ1n) is 12.9. The second-order valence-corrected chi connectivity index (χ2v) is 11.7. The number of nitriles is 1. The first kappa shape index (κ1) is 29.6. The fraction of sp³-hybridized carbons (Fsp3) is 0.393. The van der Waals surface area contributed by atoms with Gasteiger partial charge >= 0.3 is 18.2 Å². The van der Waals surface area contributed by atoms with Crippen LogP contribution >= 0.6 is 22.9 Å². The summed E-state index contributed by atoms with van der Waals surface area (Å²) in [5.41, 5.74) is 2.13. The van der Waals surface area contributed by atoms with Crippen molar-refractivity contribution in [3.05, 3.63) is 45.9 Å². The van der Waals surface area contributed by atoms with Gasteiger partial charge in [0.25, 0.3) is 0 Å². The number of urea groups is 1. The highest BCUT2D eigenvalue weighted by Gasteiger charge is 2.56. The van der Waals surface area contributed by atoms with Crippen molar-refractivity contribution in [1.29, 1.82) is 5.26 Å². The van der Waals surface area contributed by atoms with E-state index in [-0.39, 0.29) is 18.7 Å². The van der Waals surface area contributed by atoms with Crippen LogP contribution in [0.15, 0.2) is 29.6 Å². The molecule has 1 saturated carbocycles. The van der Waals surface area contributed by atoms with E-state index in [1.165, 1.54) is 23.8 Å². The monoisotopic (exact) mass is 620 g/mol. The van der Waals surface area contributed by atoms with Gasteiger partial charge in [-0.25, -0.2) is 9.59 Å². The lowest BCUT2D eigenvalue weighted by Crippen LogP contribution is -2.64. The number of aromatic carboxylic acids is 1. The molecule has 0 bridgehead atoms. The maximum absolute atomic E-state index is 13.5. The maximum Gasteiger partial charge on any atom is 0.391 e. The zero-order chi connectivity index (χ0) is 30.5. The summed E-state index contributed by atoms with van der Waals surface area (Å²) in [6, 6.07) is 6.69. The zero-order valence-electron chi connectivity index (χ0n) is 22.3. The number of carbonyl (C=O) groups is 3. The van der Waals surface area contributed by atoms with Gasteiger partial charge in [0.15, 0.2) is 0 Å². The minimum absolute atomic E-state index is 0.0638. The van der Waals surface area contributed by atoms with Crippen LogP contribution in [0.1, 0.15) is 28.9 Å². The lowest BCUT2D eigenvalue weighted by molar-refractivity contribution is -0.196. The van der Waals surface area contributed by atoms with Gasteiger partial charge < -0.3 is 14.7 Å². The molecule has 1 aromatic carbocycles. The van der Waals surface area contributed by atoms with E-state index in [1.54, 1.807) is 31.2 Å². The third kappa shape index (κ3) is 5.25. The Kier molecular flexibility index (Phi) is 7.80. The molecule has 1 saturated heterocycles. The molecule has 3 aromatic rings. The van der Waals surface area contributed by atoms with E-state index in [0.717, 1.165) is 9.80 Å². The van der Waals surface area contributed by atoms with Crippen molar-refractivity contribution in [2.24, 2.45) is 17.8 Å². The Morgan fingerprint density at radius 1 is 1.26 bits per heavy atom. The smallest absolute Gasteiger partial charge is 0.391 e. The van der Waals surface area contributed by atoms with Crippen molar-refractivity contribution < 1.29 is 37.4 Å². The molecule has 5 rings (SSSR count). The van der Waals surface area contributed by atoms with Gasteiger partial charge in [-0.15, -0.1) is 11.3 Å². The number of pyridine rings is 1. The average molecular weight is 621 g/mol. The first-order chi connectivity index (χ1) is 19.8. The minimum Gasteiger partial charge on any atom is -0.491 e. The summed E-state index contributed by atoms with van der Waals surface area (Å²) in [6.45, 7) is 1.37. The number of halogens is 4. The number of carboxylic acids is 1. The quantitative estimate of drug-likeness (QED) is 0.359. The number of imide groups is 1. The topological polar surface area (TPSA) is 124 Å². The van der Waals surface area contributed by atoms with E-state index in [9.17, 15) is 37.9 Å². The Labute approximate surface area is 247 Å². The number of aryl methyl sites for hydroxylation is 1. The number of carboxylic acid groups (broad SMARTS) is 1. The van der Waals surface area contributed by atoms with Crippen LogP contribution in [0.2, 0.25) is 5.02 Å². The largest absolute Gasteiger partial charge is 0.491 e. The molecular formula is C28H24ClF3N4O5S. The standard InChI is InChI=1S/C28H24ClF3N4O5S/c1-13-7-18(24-23(34-13)19(12-42-24)26(38)39)17-10-16(29)3-4-21(17)41-6-5-36-25(37)22-14(11-33)8-15(28(30,31)32)9-20(22)35(2)27(36)40/h3-4,7,10,12,14-15,20,22H,5-6,8-9H2,1-2H3,(H,38,39). The van der Waals surface area contributed by atoms with Crippen molar-refractivity contribution >= 4 is 51.1 Å². The zero-order valence-corrected chi connectivity index (χ0v) is 23.9. The summed E-state index contributed by atoms with van der Waals surface area (Å²) in [4.78, 5) is 44.6. The van der Waals surface area contributed by atoms with E-state index in [0.29, 0.717) is 37.8 Å². The third-order valence-corrected chi connectivity index (χ3v) is 9.05. The highest BCUT2D eigenvalue weighted by atomic mass is 35.5. The number of hydrogen-bond donors (Lipinski definition) is 1. The summed E-state index contributed by atoms with van der Waals surface area (Å²) >= 11 is 7.50. The second kappa shape index (κ2) is 11.1. The Balaban J connectivity index is 1.39. The van der Waals surface area contributed by atoms with Gasteiger partial charge in [-0.3, -0.25) is 14.7 Å². The molecule has 1 N–H and O–H groups in total. The van der Waals surface area contributed by atoms with Crippen molar-refractivity contribution in [2.45, 2.75) is 32.0 Å². The third-order valence-electron chi connectivity index (χ3n) is 7.81. The molecule has 3 heterocycles. The summed E-state index contributed by atoms with van der Waals surface area (Å²) < 4.78 is 47.1. The number of benzene rings is 1. The fourth-order valence-corrected chi connectivity index (χ4v) is 6.96. The van der Waals surface area contributed by atoms with E-state index >= 15 is 0 Å². The number of carbonyl (C=O) groups excluding carboxylic acids is 2. The summed E-state index contributed by atoms with van der Waals surface area (Å²) in [5.74, 6) is -5.49. The van der Waals surface area contributed by atoms with Crippen molar-refractivity contribution in [3.63, 3.8) is 0 Å². The Morgan fingerprint density at radius 2 is 2.00 bits per heavy atom. The molecule has 0 radical (unpaired) electrons. The van der Waals surface area contributed by atoms with Gasteiger partial charge in [-0.1, -0.05) is 11.6 Å². The minimum atomic E-state index is -4.54. The number of hydrogen-bond acceptors (Lipinski definition) is 7. The number of thiophene rings is 1. The van der Waals surface area contributed by atoms with Crippen molar-refractivity contribution in [3.8, 4) is 22.9 Å². The van der Waals surface area contributed by atoms with Gasteiger partial charge in [0.05, 0.1) is 46.1 Å². The van der Waals surface area contributed by atoms with Crippen molar-refractivity contribution in [2.75, 3.05) is 20.2 Å². The predicted octanol–water partition coefficient (Wildman–Crippen LogP) is 5.99. The fourth-order valence-electron chi connectivity index (χ4n) is 5.78. The molecule has 4 unspecified atom stereocenters. The van der Waals surface area contributed by atoms with Crippen LogP contribution in [0, 0.1) is 36.0 Å². The maximum atomic E-state index is 13.5. The summed E-state index contributed by atoms with van der Waals surface area (Å²) in [5, 5.41) is 21.1. The lowest BCUT2D eigenvalue weighted by Gasteiger charge is -2.48. The number of fused-ring (bicyclic) bond motifs is 2. The number of nitrogens with zero attached hydrogens (tertiary/aromatic N) is 4. The summed E-state index contributed by atoms with van der Waals surface area (Å²) in [6.07, 6.45) is -5.48. The van der Waals surface area contributed by atoms with E-state index < -0.39 is 60.7 Å². The molecule has 1 aliphatic carbocycles. The molecule has 220 valence electrons. The van der Waals surface area contributed by atoms with Crippen molar-refractivity contribution in [1.82, 2.24) is 14.8 Å². The molecular weight excluding hydrogens is 597 g/mol. The van der Waals surface area contributed by atoms with Gasteiger partial charge in [-0.05, 0) is 44.0 Å². The van der Waals surface area contributed by atoms with Gasteiger partial charge in [0.2, 0.25) is 5.91 Å². The number of amides is 3. The highest BCUT2D eigenvalue weighted by molar-refractivity contribution is 7.18. The number of alkyl halides is 3.